The minimum Gasteiger partial charge on any atom is -0.298 e. The summed E-state index contributed by atoms with van der Waals surface area (Å²) in [4.78, 5) is 24.1. The number of carbonyl (C=O) groups excluding carboxylic acids is 2. The highest BCUT2D eigenvalue weighted by Gasteiger charge is 2.69. The molecule has 2 aliphatic carbocycles. The number of nitrogens with one attached hydrogen (secondary N) is 3. The van der Waals surface area contributed by atoms with Crippen LogP contribution in [-0.2, 0) is 29.6 Å². The Labute approximate surface area is 190 Å². The van der Waals surface area contributed by atoms with E-state index in [4.69, 9.17) is 5.21 Å². The molecule has 14 heteroatoms. The van der Waals surface area contributed by atoms with E-state index >= 15 is 0 Å². The molecule has 2 saturated carbocycles. The molecule has 2 bridgehead atoms. The van der Waals surface area contributed by atoms with Crippen molar-refractivity contribution in [1.82, 2.24) is 14.9 Å². The predicted molar refractivity (Wildman–Crippen MR) is 111 cm³/mol. The van der Waals surface area contributed by atoms with Gasteiger partial charge in [-0.15, -0.1) is 0 Å². The third-order valence-electron chi connectivity index (χ3n) is 7.20. The van der Waals surface area contributed by atoms with Crippen LogP contribution >= 0.6 is 0 Å². The molecule has 1 aromatic carbocycles. The van der Waals surface area contributed by atoms with Gasteiger partial charge in [0.15, 0.2) is 5.78 Å². The number of carbonyl (C=O) groups is 2. The summed E-state index contributed by atoms with van der Waals surface area (Å²) in [7, 11) is -9.10. The maximum Gasteiger partial charge on any atom is 0.262 e. The van der Waals surface area contributed by atoms with Crippen LogP contribution in [0.5, 0.6) is 0 Å². The fraction of sp³-hybridized carbons (Fsp3) is 0.579. The summed E-state index contributed by atoms with van der Waals surface area (Å²) in [5, 5.41) is 7.54. The summed E-state index contributed by atoms with van der Waals surface area (Å²) >= 11 is 0. The summed E-state index contributed by atoms with van der Waals surface area (Å²) in [6.45, 7) is 4.40. The van der Waals surface area contributed by atoms with E-state index in [1.54, 1.807) is 20.8 Å². The van der Waals surface area contributed by atoms with Gasteiger partial charge in [0.25, 0.3) is 5.91 Å². The zero-order valence-corrected chi connectivity index (χ0v) is 19.7. The van der Waals surface area contributed by atoms with Crippen molar-refractivity contribution in [2.45, 2.75) is 49.8 Å². The average molecular weight is 510 g/mol. The molecule has 2 aliphatic rings. The SMILES string of the molecule is CC12CCC(C(S(=O)(=O)NC(CNS(=O)(=O)c3ccc(F)cc3F)C(=O)NO)C1=O)C2(C)C. The highest BCUT2D eigenvalue weighted by Crippen LogP contribution is 2.64. The van der Waals surface area contributed by atoms with Crippen LogP contribution < -0.4 is 14.9 Å². The van der Waals surface area contributed by atoms with Crippen LogP contribution in [0.4, 0.5) is 8.78 Å². The summed E-state index contributed by atoms with van der Waals surface area (Å²) in [5.74, 6) is -4.72. The fourth-order valence-electron chi connectivity index (χ4n) is 4.86. The van der Waals surface area contributed by atoms with Crippen molar-refractivity contribution in [2.75, 3.05) is 6.54 Å². The third kappa shape index (κ3) is 4.18. The number of ketones is 1. The van der Waals surface area contributed by atoms with E-state index in [9.17, 15) is 35.2 Å². The number of benzene rings is 1. The maximum atomic E-state index is 13.9. The summed E-state index contributed by atoms with van der Waals surface area (Å²) in [5.41, 5.74) is -0.246. The number of sulfonamides is 2. The fourth-order valence-corrected chi connectivity index (χ4v) is 8.15. The van der Waals surface area contributed by atoms with E-state index in [1.165, 1.54) is 5.48 Å². The first kappa shape index (κ1) is 25.6. The van der Waals surface area contributed by atoms with Crippen molar-refractivity contribution in [3.8, 4) is 0 Å². The molecular weight excluding hydrogens is 484 g/mol. The van der Waals surface area contributed by atoms with Crippen molar-refractivity contribution in [1.29, 1.82) is 0 Å². The van der Waals surface area contributed by atoms with Crippen LogP contribution in [0.2, 0.25) is 0 Å². The van der Waals surface area contributed by atoms with E-state index in [2.05, 4.69) is 0 Å². The second kappa shape index (κ2) is 8.34. The van der Waals surface area contributed by atoms with Gasteiger partial charge < -0.3 is 0 Å². The molecule has 184 valence electrons. The number of hydrogen-bond donors (Lipinski definition) is 4. The zero-order chi connectivity index (χ0) is 25.0. The molecule has 0 aliphatic heterocycles. The molecule has 33 heavy (non-hydrogen) atoms. The Morgan fingerprint density at radius 2 is 1.85 bits per heavy atom. The van der Waals surface area contributed by atoms with Gasteiger partial charge in [0.05, 0.1) is 0 Å². The smallest absolute Gasteiger partial charge is 0.262 e. The van der Waals surface area contributed by atoms with Gasteiger partial charge in [-0.05, 0) is 36.3 Å². The van der Waals surface area contributed by atoms with Crippen molar-refractivity contribution in [3.05, 3.63) is 29.8 Å². The van der Waals surface area contributed by atoms with Gasteiger partial charge in [-0.25, -0.2) is 40.5 Å². The molecule has 0 aromatic heterocycles. The average Bonchev–Trinajstić information content (AvgIpc) is 3.02. The standard InChI is InChI=1S/C19H25F2N3O7S2/c1-18(2)11-6-7-19(18,3)16(25)15(11)33(30,31)24-13(17(26)23-27)9-22-32(28,29)14-5-4-10(20)8-12(14)21/h4-5,8,11,13,15,22,24,27H,6-7,9H2,1-3H3,(H,23,26). The zero-order valence-electron chi connectivity index (χ0n) is 18.1. The van der Waals surface area contributed by atoms with Crippen LogP contribution in [0, 0.1) is 28.4 Å². The predicted octanol–water partition coefficient (Wildman–Crippen LogP) is 0.430. The molecule has 4 unspecified atom stereocenters. The lowest BCUT2D eigenvalue weighted by atomic mass is 9.70. The Morgan fingerprint density at radius 1 is 1.21 bits per heavy atom. The highest BCUT2D eigenvalue weighted by molar-refractivity contribution is 7.91. The van der Waals surface area contributed by atoms with Crippen LogP contribution in [0.1, 0.15) is 33.6 Å². The molecule has 1 amide bonds. The minimum atomic E-state index is -4.62. The lowest BCUT2D eigenvalue weighted by Gasteiger charge is -2.32. The van der Waals surface area contributed by atoms with Gasteiger partial charge in [-0.3, -0.25) is 14.8 Å². The van der Waals surface area contributed by atoms with Crippen molar-refractivity contribution < 1.29 is 40.4 Å². The van der Waals surface area contributed by atoms with E-state index < -0.39 is 82.9 Å². The van der Waals surface area contributed by atoms with E-state index in [-0.39, 0.29) is 0 Å². The van der Waals surface area contributed by atoms with Gasteiger partial charge in [0, 0.05) is 18.0 Å². The first-order chi connectivity index (χ1) is 15.1. The maximum absolute atomic E-state index is 13.9. The minimum absolute atomic E-state index is 0.345. The molecule has 2 fully saturated rings. The van der Waals surface area contributed by atoms with Gasteiger partial charge >= 0.3 is 0 Å². The van der Waals surface area contributed by atoms with Crippen LogP contribution in [0.3, 0.4) is 0 Å². The van der Waals surface area contributed by atoms with Crippen molar-refractivity contribution in [3.63, 3.8) is 0 Å². The third-order valence-corrected chi connectivity index (χ3v) is 10.5. The number of halogens is 2. The normalized spacial score (nSPS) is 27.5. The molecule has 1 aromatic rings. The first-order valence-corrected chi connectivity index (χ1v) is 13.1. The number of rotatable bonds is 8. The molecule has 0 spiro atoms. The number of fused-ring (bicyclic) bond motifs is 2. The number of hydrogen-bond acceptors (Lipinski definition) is 7. The quantitative estimate of drug-likeness (QED) is 0.292. The molecule has 4 N–H and O–H groups in total. The number of Topliss-reactive ketones (excluding diaryl/α,β-unsaturated/α-hetero) is 1. The molecule has 0 saturated heterocycles. The Hall–Kier alpha value is -2.00. The summed E-state index contributed by atoms with van der Waals surface area (Å²) in [6, 6.07) is -0.143. The molecule has 3 rings (SSSR count). The van der Waals surface area contributed by atoms with Gasteiger partial charge in [-0.2, -0.15) is 0 Å². The molecule has 0 heterocycles. The molecule has 4 atom stereocenters. The largest absolute Gasteiger partial charge is 0.298 e. The Morgan fingerprint density at radius 3 is 2.36 bits per heavy atom. The number of hydroxylamine groups is 1. The van der Waals surface area contributed by atoms with Crippen LogP contribution in [-0.4, -0.2) is 51.6 Å². The highest BCUT2D eigenvalue weighted by atomic mass is 32.2. The Kier molecular flexibility index (Phi) is 6.48. The van der Waals surface area contributed by atoms with Gasteiger partial charge in [0.1, 0.15) is 27.8 Å². The van der Waals surface area contributed by atoms with Crippen molar-refractivity contribution >= 4 is 31.7 Å². The summed E-state index contributed by atoms with van der Waals surface area (Å²) in [6.07, 6.45) is 1.01. The topological polar surface area (TPSA) is 159 Å². The summed E-state index contributed by atoms with van der Waals surface area (Å²) < 4.78 is 81.8. The lowest BCUT2D eigenvalue weighted by Crippen LogP contribution is -2.55. The molecule has 0 radical (unpaired) electrons. The van der Waals surface area contributed by atoms with Gasteiger partial charge in [-0.1, -0.05) is 20.8 Å². The van der Waals surface area contributed by atoms with Gasteiger partial charge in [0.2, 0.25) is 20.0 Å². The molecule has 10 nitrogen and oxygen atoms in total. The second-order valence-electron chi connectivity index (χ2n) is 9.10. The van der Waals surface area contributed by atoms with E-state index in [0.29, 0.717) is 31.0 Å². The van der Waals surface area contributed by atoms with E-state index in [0.717, 1.165) is 0 Å². The Balaban J connectivity index is 1.83. The molecular formula is C19H25F2N3O7S2. The second-order valence-corrected chi connectivity index (χ2v) is 12.7. The van der Waals surface area contributed by atoms with E-state index in [1.807, 2.05) is 9.44 Å². The van der Waals surface area contributed by atoms with Crippen molar-refractivity contribution in [2.24, 2.45) is 16.7 Å². The monoisotopic (exact) mass is 509 g/mol. The lowest BCUT2D eigenvalue weighted by molar-refractivity contribution is -0.131. The number of amides is 1. The Bertz CT molecular complexity index is 1200. The van der Waals surface area contributed by atoms with Crippen LogP contribution in [0.25, 0.3) is 0 Å². The van der Waals surface area contributed by atoms with Crippen LogP contribution in [0.15, 0.2) is 23.1 Å². The first-order valence-electron chi connectivity index (χ1n) is 10.0.